The molecule has 0 unspecified atom stereocenters. The molecular weight excluding hydrogens is 233 g/mol. The summed E-state index contributed by atoms with van der Waals surface area (Å²) in [5.41, 5.74) is 5.50. The smallest absolute Gasteiger partial charge is 0.169 e. The second-order valence-corrected chi connectivity index (χ2v) is 4.86. The summed E-state index contributed by atoms with van der Waals surface area (Å²) in [5, 5.41) is 0.828. The average molecular weight is 246 g/mol. The molecular formula is C11H13Cl2NO. The zero-order chi connectivity index (χ0) is 11.6. The Bertz CT molecular complexity index is 388. The molecule has 0 fully saturated rings. The van der Waals surface area contributed by atoms with Crippen LogP contribution in [-0.2, 0) is 0 Å². The quantitative estimate of drug-likeness (QED) is 0.832. The molecule has 0 saturated heterocycles. The first-order valence-corrected chi connectivity index (χ1v) is 5.34. The summed E-state index contributed by atoms with van der Waals surface area (Å²) in [4.78, 5) is 12.0. The lowest BCUT2D eigenvalue weighted by atomic mass is 9.84. The lowest BCUT2D eigenvalue weighted by Crippen LogP contribution is -2.32. The molecule has 1 aromatic carbocycles. The number of rotatable bonds is 3. The number of Topliss-reactive ketones (excluding diaryl/α,β-unsaturated/α-hetero) is 1. The van der Waals surface area contributed by atoms with E-state index in [9.17, 15) is 4.79 Å². The van der Waals surface area contributed by atoms with Crippen LogP contribution in [0.25, 0.3) is 0 Å². The number of carbonyl (C=O) groups is 1. The zero-order valence-electron chi connectivity index (χ0n) is 8.68. The van der Waals surface area contributed by atoms with Crippen LogP contribution in [0.4, 0.5) is 0 Å². The maximum Gasteiger partial charge on any atom is 0.169 e. The van der Waals surface area contributed by atoms with Crippen molar-refractivity contribution in [2.75, 3.05) is 6.54 Å². The highest BCUT2D eigenvalue weighted by molar-refractivity contribution is 6.42. The van der Waals surface area contributed by atoms with Gasteiger partial charge in [0.1, 0.15) is 0 Å². The van der Waals surface area contributed by atoms with E-state index in [1.807, 2.05) is 0 Å². The Labute approximate surface area is 99.4 Å². The van der Waals surface area contributed by atoms with Crippen LogP contribution >= 0.6 is 23.2 Å². The molecule has 0 heterocycles. The molecule has 1 rings (SSSR count). The van der Waals surface area contributed by atoms with Crippen molar-refractivity contribution in [1.82, 2.24) is 0 Å². The van der Waals surface area contributed by atoms with Gasteiger partial charge in [0.15, 0.2) is 5.78 Å². The predicted octanol–water partition coefficient (Wildman–Crippen LogP) is 3.16. The lowest BCUT2D eigenvalue weighted by molar-refractivity contribution is 0.0847. The van der Waals surface area contributed by atoms with E-state index in [1.54, 1.807) is 32.0 Å². The second-order valence-electron chi connectivity index (χ2n) is 4.05. The van der Waals surface area contributed by atoms with Gasteiger partial charge < -0.3 is 5.73 Å². The van der Waals surface area contributed by atoms with Crippen LogP contribution in [0.3, 0.4) is 0 Å². The van der Waals surface area contributed by atoms with E-state index in [2.05, 4.69) is 0 Å². The van der Waals surface area contributed by atoms with Gasteiger partial charge in [-0.15, -0.1) is 0 Å². The van der Waals surface area contributed by atoms with Crippen molar-refractivity contribution in [1.29, 1.82) is 0 Å². The summed E-state index contributed by atoms with van der Waals surface area (Å²) >= 11 is 11.6. The van der Waals surface area contributed by atoms with Gasteiger partial charge in [0.2, 0.25) is 0 Å². The number of benzene rings is 1. The molecule has 0 bridgehead atoms. The highest BCUT2D eigenvalue weighted by Crippen LogP contribution is 2.26. The third-order valence-electron chi connectivity index (χ3n) is 2.31. The number of carbonyl (C=O) groups excluding carboxylic acids is 1. The molecule has 2 N–H and O–H groups in total. The van der Waals surface area contributed by atoms with Crippen LogP contribution in [-0.4, -0.2) is 12.3 Å². The average Bonchev–Trinajstić information content (AvgIpc) is 2.21. The summed E-state index contributed by atoms with van der Waals surface area (Å²) in [6.45, 7) is 3.90. The molecule has 0 atom stereocenters. The summed E-state index contributed by atoms with van der Waals surface area (Å²) in [5.74, 6) is -0.0245. The number of hydrogen-bond acceptors (Lipinski definition) is 2. The van der Waals surface area contributed by atoms with Crippen LogP contribution in [0.15, 0.2) is 18.2 Å². The van der Waals surface area contributed by atoms with Crippen molar-refractivity contribution in [3.63, 3.8) is 0 Å². The van der Waals surface area contributed by atoms with Gasteiger partial charge in [0.25, 0.3) is 0 Å². The third-order valence-corrected chi connectivity index (χ3v) is 3.05. The van der Waals surface area contributed by atoms with E-state index in [-0.39, 0.29) is 5.78 Å². The van der Waals surface area contributed by atoms with Crippen molar-refractivity contribution in [3.8, 4) is 0 Å². The summed E-state index contributed by atoms with van der Waals surface area (Å²) < 4.78 is 0. The molecule has 0 aliphatic rings. The van der Waals surface area contributed by atoms with Crippen molar-refractivity contribution >= 4 is 29.0 Å². The molecule has 82 valence electrons. The summed E-state index contributed by atoms with van der Waals surface area (Å²) in [6.07, 6.45) is 0. The largest absolute Gasteiger partial charge is 0.329 e. The molecule has 2 nitrogen and oxygen atoms in total. The van der Waals surface area contributed by atoms with Gasteiger partial charge in [-0.1, -0.05) is 37.0 Å². The monoisotopic (exact) mass is 245 g/mol. The Hall–Kier alpha value is -0.570. The second kappa shape index (κ2) is 4.52. The number of halogens is 2. The van der Waals surface area contributed by atoms with E-state index < -0.39 is 5.41 Å². The van der Waals surface area contributed by atoms with Gasteiger partial charge in [0.05, 0.1) is 10.0 Å². The molecule has 4 heteroatoms. The van der Waals surface area contributed by atoms with Gasteiger partial charge in [0, 0.05) is 17.5 Å². The minimum absolute atomic E-state index is 0.0245. The van der Waals surface area contributed by atoms with Crippen molar-refractivity contribution in [3.05, 3.63) is 33.8 Å². The van der Waals surface area contributed by atoms with Crippen molar-refractivity contribution < 1.29 is 4.79 Å². The number of nitrogens with two attached hydrogens (primary N) is 1. The highest BCUT2D eigenvalue weighted by Gasteiger charge is 2.27. The Morgan fingerprint density at radius 2 is 1.93 bits per heavy atom. The molecule has 15 heavy (non-hydrogen) atoms. The van der Waals surface area contributed by atoms with Gasteiger partial charge in [-0.2, -0.15) is 0 Å². The van der Waals surface area contributed by atoms with Crippen molar-refractivity contribution in [2.45, 2.75) is 13.8 Å². The first kappa shape index (κ1) is 12.5. The maximum atomic E-state index is 12.0. The fourth-order valence-electron chi connectivity index (χ4n) is 1.12. The SMILES string of the molecule is CC(C)(CN)C(=O)c1ccc(Cl)c(Cl)c1. The molecule has 0 spiro atoms. The van der Waals surface area contributed by atoms with E-state index >= 15 is 0 Å². The van der Waals surface area contributed by atoms with Crippen LogP contribution in [0.1, 0.15) is 24.2 Å². The first-order chi connectivity index (χ1) is 6.88. The van der Waals surface area contributed by atoms with Crippen LogP contribution < -0.4 is 5.73 Å². The standard InChI is InChI=1S/C11H13Cl2NO/c1-11(2,6-14)10(15)7-3-4-8(12)9(13)5-7/h3-5H,6,14H2,1-2H3. The van der Waals surface area contributed by atoms with Gasteiger partial charge in [-0.3, -0.25) is 4.79 Å². The third kappa shape index (κ3) is 2.71. The Morgan fingerprint density at radius 3 is 2.40 bits per heavy atom. The number of hydrogen-bond donors (Lipinski definition) is 1. The van der Waals surface area contributed by atoms with Gasteiger partial charge in [-0.05, 0) is 18.2 Å². The highest BCUT2D eigenvalue weighted by atomic mass is 35.5. The normalized spacial score (nSPS) is 11.5. The fourth-order valence-corrected chi connectivity index (χ4v) is 1.42. The Morgan fingerprint density at radius 1 is 1.33 bits per heavy atom. The van der Waals surface area contributed by atoms with E-state index in [1.165, 1.54) is 0 Å². The van der Waals surface area contributed by atoms with E-state index in [0.29, 0.717) is 22.2 Å². The molecule has 0 aliphatic heterocycles. The topological polar surface area (TPSA) is 43.1 Å². The maximum absolute atomic E-state index is 12.0. The number of ketones is 1. The van der Waals surface area contributed by atoms with Gasteiger partial charge in [-0.25, -0.2) is 0 Å². The van der Waals surface area contributed by atoms with E-state index in [4.69, 9.17) is 28.9 Å². The predicted molar refractivity (Wildman–Crippen MR) is 63.6 cm³/mol. The Balaban J connectivity index is 3.08. The van der Waals surface area contributed by atoms with Gasteiger partial charge >= 0.3 is 0 Å². The molecule has 0 amide bonds. The van der Waals surface area contributed by atoms with Crippen LogP contribution in [0.2, 0.25) is 10.0 Å². The summed E-state index contributed by atoms with van der Waals surface area (Å²) in [6, 6.07) is 4.85. The first-order valence-electron chi connectivity index (χ1n) is 4.58. The molecule has 1 aromatic rings. The Kier molecular flexibility index (Phi) is 3.77. The van der Waals surface area contributed by atoms with Crippen LogP contribution in [0, 0.1) is 5.41 Å². The summed E-state index contributed by atoms with van der Waals surface area (Å²) in [7, 11) is 0. The lowest BCUT2D eigenvalue weighted by Gasteiger charge is -2.20. The molecule has 0 saturated carbocycles. The molecule has 0 aliphatic carbocycles. The molecule has 0 radical (unpaired) electrons. The fraction of sp³-hybridized carbons (Fsp3) is 0.364. The van der Waals surface area contributed by atoms with E-state index in [0.717, 1.165) is 0 Å². The minimum Gasteiger partial charge on any atom is -0.329 e. The minimum atomic E-state index is -0.572. The zero-order valence-corrected chi connectivity index (χ0v) is 10.2. The molecule has 0 aromatic heterocycles. The van der Waals surface area contributed by atoms with Crippen molar-refractivity contribution in [2.24, 2.45) is 11.1 Å². The van der Waals surface area contributed by atoms with Crippen LogP contribution in [0.5, 0.6) is 0 Å².